The van der Waals surface area contributed by atoms with Gasteiger partial charge in [0, 0.05) is 22.8 Å². The van der Waals surface area contributed by atoms with Crippen molar-refractivity contribution >= 4 is 34.3 Å². The highest BCUT2D eigenvalue weighted by atomic mass is 19.4. The molecule has 1 aromatic heterocycles. The molecule has 0 fully saturated rings. The molecule has 0 bridgehead atoms. The molecule has 0 aliphatic rings. The Bertz CT molecular complexity index is 1040. The van der Waals surface area contributed by atoms with Crippen molar-refractivity contribution in [2.45, 2.75) is 12.8 Å². The molecule has 28 heavy (non-hydrogen) atoms. The largest absolute Gasteiger partial charge is 0.416 e. The Kier molecular flexibility index (Phi) is 5.32. The number of alkyl halides is 3. The van der Waals surface area contributed by atoms with E-state index in [9.17, 15) is 18.0 Å². The van der Waals surface area contributed by atoms with Crippen LogP contribution in [0.15, 0.2) is 54.6 Å². The molecule has 0 saturated heterocycles. The zero-order valence-corrected chi connectivity index (χ0v) is 14.5. The van der Waals surface area contributed by atoms with Gasteiger partial charge in [-0.3, -0.25) is 9.78 Å². The zero-order chi connectivity index (χ0) is 20.3. The van der Waals surface area contributed by atoms with Crippen LogP contribution in [0.4, 0.5) is 24.5 Å². The fourth-order valence-corrected chi connectivity index (χ4v) is 2.61. The van der Waals surface area contributed by atoms with E-state index >= 15 is 0 Å². The molecule has 0 spiro atoms. The molecule has 0 aliphatic heterocycles. The third-order valence-electron chi connectivity index (χ3n) is 3.99. The number of hydrogen-bond donors (Lipinski definition) is 3. The summed E-state index contributed by atoms with van der Waals surface area (Å²) in [5.41, 5.74) is 7.61. The van der Waals surface area contributed by atoms with E-state index in [4.69, 9.17) is 10.8 Å². The number of nitrogens with two attached hydrogens (primary N) is 1. The molecule has 5 nitrogen and oxygen atoms in total. The topological polar surface area (TPSA) is 88.2 Å². The molecule has 144 valence electrons. The fourth-order valence-electron chi connectivity index (χ4n) is 2.61. The summed E-state index contributed by atoms with van der Waals surface area (Å²) in [4.78, 5) is 16.3. The second kappa shape index (κ2) is 7.69. The number of rotatable bonds is 4. The third kappa shape index (κ3) is 4.47. The number of halogens is 3. The molecule has 3 rings (SSSR count). The van der Waals surface area contributed by atoms with Crippen molar-refractivity contribution < 1.29 is 23.1 Å². The van der Waals surface area contributed by atoms with Gasteiger partial charge in [-0.2, -0.15) is 13.2 Å². The van der Waals surface area contributed by atoms with Gasteiger partial charge in [-0.15, -0.1) is 0 Å². The number of aliphatic hydroxyl groups is 1. The van der Waals surface area contributed by atoms with Crippen LogP contribution in [-0.2, 0) is 17.6 Å². The number of amides is 1. The molecular formula is C20H16F3N3O2. The summed E-state index contributed by atoms with van der Waals surface area (Å²) in [6.45, 7) is -0.229. The first kappa shape index (κ1) is 19.4. The van der Waals surface area contributed by atoms with Gasteiger partial charge in [-0.1, -0.05) is 12.1 Å². The average molecular weight is 387 g/mol. The van der Waals surface area contributed by atoms with Gasteiger partial charge >= 0.3 is 6.18 Å². The fraction of sp³-hybridized carbons (Fsp3) is 0.100. The summed E-state index contributed by atoms with van der Waals surface area (Å²) < 4.78 is 37.6. The number of nitrogens with one attached hydrogen (secondary N) is 1. The number of hydrogen-bond acceptors (Lipinski definition) is 4. The van der Waals surface area contributed by atoms with E-state index in [2.05, 4.69) is 10.3 Å². The number of nitrogens with zero attached hydrogens (tertiary/aromatic N) is 1. The molecular weight excluding hydrogens is 371 g/mol. The van der Waals surface area contributed by atoms with E-state index in [0.717, 1.165) is 12.1 Å². The first-order chi connectivity index (χ1) is 13.3. The predicted octanol–water partition coefficient (Wildman–Crippen LogP) is 3.98. The number of carbonyl (C=O) groups is 1. The lowest BCUT2D eigenvalue weighted by molar-refractivity contribution is -0.137. The van der Waals surface area contributed by atoms with Crippen molar-refractivity contribution in [3.8, 4) is 0 Å². The Morgan fingerprint density at radius 1 is 1.14 bits per heavy atom. The quantitative estimate of drug-likeness (QED) is 0.591. The Hall–Kier alpha value is -3.39. The van der Waals surface area contributed by atoms with Gasteiger partial charge in [0.15, 0.2) is 0 Å². The number of fused-ring (bicyclic) bond motifs is 1. The maximum atomic E-state index is 12.5. The van der Waals surface area contributed by atoms with Gasteiger partial charge in [-0.25, -0.2) is 0 Å². The Balaban J connectivity index is 1.72. The normalized spacial score (nSPS) is 11.9. The number of aromatic nitrogens is 1. The summed E-state index contributed by atoms with van der Waals surface area (Å²) >= 11 is 0. The molecule has 0 radical (unpaired) electrons. The van der Waals surface area contributed by atoms with Crippen molar-refractivity contribution in [1.29, 1.82) is 0 Å². The van der Waals surface area contributed by atoms with Crippen molar-refractivity contribution in [2.24, 2.45) is 0 Å². The lowest BCUT2D eigenvalue weighted by Crippen LogP contribution is -2.08. The third-order valence-corrected chi connectivity index (χ3v) is 3.99. The number of anilines is 2. The number of pyridine rings is 1. The van der Waals surface area contributed by atoms with Crippen LogP contribution >= 0.6 is 0 Å². The summed E-state index contributed by atoms with van der Waals surface area (Å²) in [6, 6.07) is 11.0. The van der Waals surface area contributed by atoms with Crippen LogP contribution in [-0.4, -0.2) is 16.0 Å². The van der Waals surface area contributed by atoms with Crippen LogP contribution in [0.2, 0.25) is 0 Å². The molecule has 0 atom stereocenters. The molecule has 0 unspecified atom stereocenters. The van der Waals surface area contributed by atoms with E-state index < -0.39 is 17.6 Å². The van der Waals surface area contributed by atoms with Crippen LogP contribution in [0.25, 0.3) is 17.0 Å². The monoisotopic (exact) mass is 387 g/mol. The van der Waals surface area contributed by atoms with E-state index in [1.165, 1.54) is 24.3 Å². The van der Waals surface area contributed by atoms with Crippen molar-refractivity contribution in [2.75, 3.05) is 11.1 Å². The smallest absolute Gasteiger partial charge is 0.398 e. The highest BCUT2D eigenvalue weighted by molar-refractivity contribution is 6.03. The molecule has 4 N–H and O–H groups in total. The maximum absolute atomic E-state index is 12.5. The molecule has 3 aromatic rings. The lowest BCUT2D eigenvalue weighted by atomic mass is 10.1. The molecule has 8 heteroatoms. The summed E-state index contributed by atoms with van der Waals surface area (Å²) in [7, 11) is 0. The van der Waals surface area contributed by atoms with E-state index in [1.807, 2.05) is 0 Å². The average Bonchev–Trinajstić information content (AvgIpc) is 2.66. The minimum absolute atomic E-state index is 0.229. The van der Waals surface area contributed by atoms with Crippen LogP contribution in [0.1, 0.15) is 16.8 Å². The summed E-state index contributed by atoms with van der Waals surface area (Å²) in [6.07, 6.45) is -1.76. The standard InChI is InChI=1S/C20H16F3N3O2/c21-20(22,23)13-4-1-12(2-5-13)3-8-19(28)26-14-6-7-18-16(9-14)17(24)10-15(11-27)25-18/h1-10,27H,11H2,(H2,24,25)(H,26,28)/b8-3+. The number of nitrogen functional groups attached to an aromatic ring is 1. The van der Waals surface area contributed by atoms with Gasteiger partial charge < -0.3 is 16.2 Å². The van der Waals surface area contributed by atoms with E-state index in [1.54, 1.807) is 24.3 Å². The predicted molar refractivity (Wildman–Crippen MR) is 101 cm³/mol. The van der Waals surface area contributed by atoms with Gasteiger partial charge in [-0.05, 0) is 48.0 Å². The minimum atomic E-state index is -4.40. The first-order valence-corrected chi connectivity index (χ1v) is 8.22. The lowest BCUT2D eigenvalue weighted by Gasteiger charge is -2.08. The molecule has 2 aromatic carbocycles. The van der Waals surface area contributed by atoms with Gasteiger partial charge in [0.1, 0.15) is 0 Å². The number of benzene rings is 2. The van der Waals surface area contributed by atoms with Gasteiger partial charge in [0.05, 0.1) is 23.4 Å². The van der Waals surface area contributed by atoms with E-state index in [-0.39, 0.29) is 6.61 Å². The van der Waals surface area contributed by atoms with Crippen LogP contribution < -0.4 is 11.1 Å². The zero-order valence-electron chi connectivity index (χ0n) is 14.5. The van der Waals surface area contributed by atoms with E-state index in [0.29, 0.717) is 33.5 Å². The molecule has 0 aliphatic carbocycles. The van der Waals surface area contributed by atoms with Crippen molar-refractivity contribution in [1.82, 2.24) is 4.98 Å². The minimum Gasteiger partial charge on any atom is -0.398 e. The van der Waals surface area contributed by atoms with Crippen molar-refractivity contribution in [3.63, 3.8) is 0 Å². The highest BCUT2D eigenvalue weighted by Gasteiger charge is 2.29. The maximum Gasteiger partial charge on any atom is 0.416 e. The Labute approximate surface area is 158 Å². The van der Waals surface area contributed by atoms with Gasteiger partial charge in [0.2, 0.25) is 5.91 Å². The summed E-state index contributed by atoms with van der Waals surface area (Å²) in [5, 5.41) is 12.4. The SMILES string of the molecule is Nc1cc(CO)nc2ccc(NC(=O)/C=C/c3ccc(C(F)(F)F)cc3)cc12. The molecule has 0 saturated carbocycles. The summed E-state index contributed by atoms with van der Waals surface area (Å²) in [5.74, 6) is -0.447. The second-order valence-corrected chi connectivity index (χ2v) is 6.04. The molecule has 1 heterocycles. The first-order valence-electron chi connectivity index (χ1n) is 8.22. The van der Waals surface area contributed by atoms with Crippen LogP contribution in [0.3, 0.4) is 0 Å². The highest BCUT2D eigenvalue weighted by Crippen LogP contribution is 2.29. The number of carbonyl (C=O) groups excluding carboxylic acids is 1. The van der Waals surface area contributed by atoms with Gasteiger partial charge in [0.25, 0.3) is 0 Å². The number of aliphatic hydroxyl groups excluding tert-OH is 1. The molecule has 1 amide bonds. The Morgan fingerprint density at radius 3 is 2.50 bits per heavy atom. The van der Waals surface area contributed by atoms with Crippen molar-refractivity contribution in [3.05, 3.63) is 71.4 Å². The van der Waals surface area contributed by atoms with Crippen LogP contribution in [0, 0.1) is 0 Å². The Morgan fingerprint density at radius 2 is 1.86 bits per heavy atom. The van der Waals surface area contributed by atoms with Crippen LogP contribution in [0.5, 0.6) is 0 Å². The second-order valence-electron chi connectivity index (χ2n) is 6.04.